The predicted molar refractivity (Wildman–Crippen MR) is 94.7 cm³/mol. The van der Waals surface area contributed by atoms with Crippen molar-refractivity contribution in [3.63, 3.8) is 0 Å². The Balaban J connectivity index is 2.04. The molecule has 0 bridgehead atoms. The molecule has 24 heavy (non-hydrogen) atoms. The normalized spacial score (nSPS) is 13.9. The molecule has 1 aliphatic rings. The molecule has 0 radical (unpaired) electrons. The van der Waals surface area contributed by atoms with Gasteiger partial charge in [-0.05, 0) is 43.3 Å². The van der Waals surface area contributed by atoms with E-state index in [-0.39, 0.29) is 17.8 Å². The Kier molecular flexibility index (Phi) is 3.31. The molecule has 4 rings (SSSR count). The second-order valence-electron chi connectivity index (χ2n) is 5.87. The van der Waals surface area contributed by atoms with Crippen molar-refractivity contribution in [3.05, 3.63) is 76.0 Å². The number of aryl methyl sites for hydroxylation is 1. The Morgan fingerprint density at radius 1 is 1.00 bits per heavy atom. The standard InChI is InChI=1S/C20H15NO3/c1-13-7-10-18-17(11-13)19(23)16-9-8-15(22)12-21(20(16)24-18)14-5-3-2-4-6-14/h2-11H,12H2,1H3. The highest BCUT2D eigenvalue weighted by molar-refractivity contribution is 6.01. The zero-order chi connectivity index (χ0) is 16.7. The van der Waals surface area contributed by atoms with Crippen LogP contribution in [0.15, 0.2) is 63.8 Å². The van der Waals surface area contributed by atoms with Crippen LogP contribution in [0.2, 0.25) is 0 Å². The van der Waals surface area contributed by atoms with E-state index in [1.165, 1.54) is 6.08 Å². The molecule has 118 valence electrons. The number of para-hydroxylation sites is 1. The van der Waals surface area contributed by atoms with Crippen LogP contribution < -0.4 is 10.3 Å². The Hall–Kier alpha value is -3.14. The molecule has 0 amide bonds. The monoisotopic (exact) mass is 317 g/mol. The summed E-state index contributed by atoms with van der Waals surface area (Å²) in [6, 6.07) is 15.0. The lowest BCUT2D eigenvalue weighted by molar-refractivity contribution is -0.113. The first-order valence-corrected chi connectivity index (χ1v) is 7.74. The van der Waals surface area contributed by atoms with Crippen molar-refractivity contribution in [2.75, 3.05) is 11.4 Å². The van der Waals surface area contributed by atoms with Gasteiger partial charge in [-0.1, -0.05) is 29.8 Å². The van der Waals surface area contributed by atoms with Crippen molar-refractivity contribution in [3.8, 4) is 0 Å². The summed E-state index contributed by atoms with van der Waals surface area (Å²) in [4.78, 5) is 26.8. The van der Waals surface area contributed by atoms with Crippen LogP contribution >= 0.6 is 0 Å². The van der Waals surface area contributed by atoms with Gasteiger partial charge in [-0.15, -0.1) is 0 Å². The van der Waals surface area contributed by atoms with Gasteiger partial charge in [0.1, 0.15) is 5.58 Å². The van der Waals surface area contributed by atoms with E-state index in [0.29, 0.717) is 22.4 Å². The quantitative estimate of drug-likeness (QED) is 0.684. The third-order valence-electron chi connectivity index (χ3n) is 4.12. The highest BCUT2D eigenvalue weighted by Crippen LogP contribution is 2.32. The maximum Gasteiger partial charge on any atom is 0.212 e. The van der Waals surface area contributed by atoms with Crippen molar-refractivity contribution in [2.45, 2.75) is 6.92 Å². The van der Waals surface area contributed by atoms with Crippen LogP contribution in [-0.2, 0) is 4.79 Å². The van der Waals surface area contributed by atoms with Gasteiger partial charge in [0, 0.05) is 5.69 Å². The van der Waals surface area contributed by atoms with Crippen molar-refractivity contribution in [2.24, 2.45) is 0 Å². The molecule has 1 aromatic heterocycles. The van der Waals surface area contributed by atoms with Gasteiger partial charge in [-0.3, -0.25) is 9.59 Å². The predicted octanol–water partition coefficient (Wildman–Crippen LogP) is 3.84. The van der Waals surface area contributed by atoms with E-state index in [1.54, 1.807) is 17.0 Å². The molecule has 4 nitrogen and oxygen atoms in total. The fraction of sp³-hybridized carbons (Fsp3) is 0.100. The number of fused-ring (bicyclic) bond motifs is 2. The van der Waals surface area contributed by atoms with Gasteiger partial charge >= 0.3 is 0 Å². The Bertz CT molecular complexity index is 1030. The molecule has 0 spiro atoms. The summed E-state index contributed by atoms with van der Waals surface area (Å²) in [5.41, 5.74) is 2.60. The number of anilines is 2. The summed E-state index contributed by atoms with van der Waals surface area (Å²) in [6.45, 7) is 2.06. The highest BCUT2D eigenvalue weighted by Gasteiger charge is 2.24. The Morgan fingerprint density at radius 2 is 1.79 bits per heavy atom. The van der Waals surface area contributed by atoms with Crippen molar-refractivity contribution in [1.29, 1.82) is 0 Å². The zero-order valence-electron chi connectivity index (χ0n) is 13.2. The number of carbonyl (C=O) groups is 1. The van der Waals surface area contributed by atoms with Crippen LogP contribution in [-0.4, -0.2) is 12.3 Å². The number of ketones is 1. The van der Waals surface area contributed by atoms with E-state index >= 15 is 0 Å². The smallest absolute Gasteiger partial charge is 0.212 e. The van der Waals surface area contributed by atoms with Gasteiger partial charge in [0.2, 0.25) is 11.3 Å². The lowest BCUT2D eigenvalue weighted by Gasteiger charge is -2.22. The number of hydrogen-bond acceptors (Lipinski definition) is 4. The van der Waals surface area contributed by atoms with Crippen LogP contribution in [0.5, 0.6) is 0 Å². The Labute approximate surface area is 138 Å². The minimum Gasteiger partial charge on any atom is -0.439 e. The fourth-order valence-corrected chi connectivity index (χ4v) is 2.93. The first-order chi connectivity index (χ1) is 11.6. The number of rotatable bonds is 1. The lowest BCUT2D eigenvalue weighted by atomic mass is 10.1. The number of benzene rings is 2. The summed E-state index contributed by atoms with van der Waals surface area (Å²) in [6.07, 6.45) is 3.01. The summed E-state index contributed by atoms with van der Waals surface area (Å²) in [7, 11) is 0. The van der Waals surface area contributed by atoms with Gasteiger partial charge in [-0.2, -0.15) is 0 Å². The van der Waals surface area contributed by atoms with Crippen molar-refractivity contribution < 1.29 is 9.21 Å². The third-order valence-corrected chi connectivity index (χ3v) is 4.12. The van der Waals surface area contributed by atoms with Crippen molar-refractivity contribution >= 4 is 34.4 Å². The first-order valence-electron chi connectivity index (χ1n) is 7.74. The van der Waals surface area contributed by atoms with Gasteiger partial charge < -0.3 is 9.32 Å². The van der Waals surface area contributed by atoms with E-state index in [9.17, 15) is 9.59 Å². The average molecular weight is 317 g/mol. The molecule has 4 heteroatoms. The molecule has 0 atom stereocenters. The molecule has 0 aliphatic carbocycles. The number of nitrogens with zero attached hydrogens (tertiary/aromatic N) is 1. The second kappa shape index (κ2) is 5.49. The zero-order valence-corrected chi connectivity index (χ0v) is 13.2. The third kappa shape index (κ3) is 2.33. The topological polar surface area (TPSA) is 50.5 Å². The maximum absolute atomic E-state index is 12.9. The van der Waals surface area contributed by atoms with E-state index in [2.05, 4.69) is 0 Å². The average Bonchev–Trinajstić information content (AvgIpc) is 2.76. The molecule has 0 unspecified atom stereocenters. The van der Waals surface area contributed by atoms with Crippen LogP contribution in [0.25, 0.3) is 17.0 Å². The largest absolute Gasteiger partial charge is 0.439 e. The molecular weight excluding hydrogens is 302 g/mol. The Morgan fingerprint density at radius 3 is 2.58 bits per heavy atom. The molecule has 0 N–H and O–H groups in total. The number of carbonyl (C=O) groups excluding carboxylic acids is 1. The summed E-state index contributed by atoms with van der Waals surface area (Å²) in [5.74, 6) is 0.328. The van der Waals surface area contributed by atoms with Crippen LogP contribution in [0.3, 0.4) is 0 Å². The van der Waals surface area contributed by atoms with Crippen LogP contribution in [0.1, 0.15) is 11.1 Å². The molecule has 2 heterocycles. The van der Waals surface area contributed by atoms with Gasteiger partial charge in [0.05, 0.1) is 17.5 Å². The van der Waals surface area contributed by atoms with E-state index in [1.807, 2.05) is 49.4 Å². The van der Waals surface area contributed by atoms with Gasteiger partial charge in [0.15, 0.2) is 5.78 Å². The van der Waals surface area contributed by atoms with Crippen LogP contribution in [0.4, 0.5) is 11.6 Å². The van der Waals surface area contributed by atoms with E-state index < -0.39 is 0 Å². The molecule has 3 aromatic rings. The minimum atomic E-state index is -0.123. The van der Waals surface area contributed by atoms with E-state index in [0.717, 1.165) is 11.3 Å². The summed E-state index contributed by atoms with van der Waals surface area (Å²) in [5, 5.41) is 0.528. The van der Waals surface area contributed by atoms with Crippen molar-refractivity contribution in [1.82, 2.24) is 0 Å². The maximum atomic E-state index is 12.9. The molecule has 0 saturated heterocycles. The van der Waals surface area contributed by atoms with Gasteiger partial charge in [0.25, 0.3) is 0 Å². The van der Waals surface area contributed by atoms with Crippen LogP contribution in [0, 0.1) is 6.92 Å². The highest BCUT2D eigenvalue weighted by atomic mass is 16.4. The molecular formula is C20H15NO3. The molecule has 1 aliphatic heterocycles. The summed E-state index contributed by atoms with van der Waals surface area (Å²) < 4.78 is 6.04. The number of hydrogen-bond donors (Lipinski definition) is 0. The minimum absolute atomic E-state index is 0.0788. The summed E-state index contributed by atoms with van der Waals surface area (Å²) >= 11 is 0. The fourth-order valence-electron chi connectivity index (χ4n) is 2.93. The lowest BCUT2D eigenvalue weighted by Crippen LogP contribution is -2.24. The molecule has 2 aromatic carbocycles. The molecule has 0 fully saturated rings. The SMILES string of the molecule is Cc1ccc2oc3c(c(=O)c2c1)C=CC(=O)CN3c1ccccc1. The van der Waals surface area contributed by atoms with Gasteiger partial charge in [-0.25, -0.2) is 0 Å². The van der Waals surface area contributed by atoms with E-state index in [4.69, 9.17) is 4.42 Å². The second-order valence-corrected chi connectivity index (χ2v) is 5.87. The first kappa shape index (κ1) is 14.5. The molecule has 0 saturated carbocycles.